The van der Waals surface area contributed by atoms with Gasteiger partial charge in [-0.1, -0.05) is 48.0 Å². The maximum absolute atomic E-state index is 13.3. The van der Waals surface area contributed by atoms with E-state index in [4.69, 9.17) is 0 Å². The Morgan fingerprint density at radius 2 is 1.70 bits per heavy atom. The minimum atomic E-state index is 0.0261. The van der Waals surface area contributed by atoms with Crippen molar-refractivity contribution < 1.29 is 0 Å². The summed E-state index contributed by atoms with van der Waals surface area (Å²) in [6.45, 7) is 8.88. The third-order valence-electron chi connectivity index (χ3n) is 5.12. The highest BCUT2D eigenvalue weighted by molar-refractivity contribution is 7.19. The maximum Gasteiger partial charge on any atom is 0.263 e. The topological polar surface area (TPSA) is 34.9 Å². The van der Waals surface area contributed by atoms with Crippen LogP contribution in [0.2, 0.25) is 0 Å². The van der Waals surface area contributed by atoms with E-state index >= 15 is 0 Å². The number of aryl methyl sites for hydroxylation is 4. The summed E-state index contributed by atoms with van der Waals surface area (Å²) in [4.78, 5) is 19.8. The van der Waals surface area contributed by atoms with Crippen molar-refractivity contribution in [2.45, 2.75) is 34.2 Å². The second-order valence-corrected chi connectivity index (χ2v) is 8.38. The molecule has 2 aromatic carbocycles. The summed E-state index contributed by atoms with van der Waals surface area (Å²) in [5.74, 6) is 0. The molecule has 3 nitrogen and oxygen atoms in total. The van der Waals surface area contributed by atoms with E-state index in [2.05, 4.69) is 75.1 Å². The molecule has 0 aliphatic rings. The SMILES string of the molecule is Cc1ccc(Cn2cnc3sc(C)c(-c4ccc(C)c(C)c4)c3c2=O)cc1. The van der Waals surface area contributed by atoms with Crippen molar-refractivity contribution in [2.24, 2.45) is 0 Å². The lowest BCUT2D eigenvalue weighted by atomic mass is 9.99. The molecule has 0 radical (unpaired) electrons. The maximum atomic E-state index is 13.3. The zero-order valence-electron chi connectivity index (χ0n) is 16.0. The lowest BCUT2D eigenvalue weighted by Gasteiger charge is -2.08. The summed E-state index contributed by atoms with van der Waals surface area (Å²) in [5, 5.41) is 0.732. The summed E-state index contributed by atoms with van der Waals surface area (Å²) < 4.78 is 1.71. The van der Waals surface area contributed by atoms with Crippen LogP contribution in [-0.2, 0) is 6.54 Å². The molecule has 0 aliphatic heterocycles. The van der Waals surface area contributed by atoms with E-state index in [1.807, 2.05) is 0 Å². The highest BCUT2D eigenvalue weighted by Gasteiger charge is 2.17. The number of benzene rings is 2. The number of thiophene rings is 1. The number of rotatable bonds is 3. The van der Waals surface area contributed by atoms with Gasteiger partial charge in [-0.15, -0.1) is 11.3 Å². The van der Waals surface area contributed by atoms with Crippen molar-refractivity contribution in [3.05, 3.63) is 86.3 Å². The van der Waals surface area contributed by atoms with Gasteiger partial charge in [0, 0.05) is 10.4 Å². The molecule has 0 fully saturated rings. The number of nitrogens with zero attached hydrogens (tertiary/aromatic N) is 2. The normalized spacial score (nSPS) is 11.3. The van der Waals surface area contributed by atoms with Crippen molar-refractivity contribution in [2.75, 3.05) is 0 Å². The molecule has 136 valence electrons. The van der Waals surface area contributed by atoms with Gasteiger partial charge in [0.05, 0.1) is 18.3 Å². The Morgan fingerprint density at radius 1 is 0.963 bits per heavy atom. The molecule has 0 amide bonds. The van der Waals surface area contributed by atoms with Gasteiger partial charge in [0.1, 0.15) is 4.83 Å². The second kappa shape index (κ2) is 6.78. The third kappa shape index (κ3) is 3.21. The molecular formula is C23H22N2OS. The second-order valence-electron chi connectivity index (χ2n) is 7.18. The minimum absolute atomic E-state index is 0.0261. The predicted octanol–water partition coefficient (Wildman–Crippen LogP) is 5.41. The Balaban J connectivity index is 1.88. The summed E-state index contributed by atoms with van der Waals surface area (Å²) in [7, 11) is 0. The summed E-state index contributed by atoms with van der Waals surface area (Å²) >= 11 is 1.59. The van der Waals surface area contributed by atoms with Crippen LogP contribution in [0, 0.1) is 27.7 Å². The number of hydrogen-bond donors (Lipinski definition) is 0. The van der Waals surface area contributed by atoms with E-state index < -0.39 is 0 Å². The Kier molecular flexibility index (Phi) is 4.44. The van der Waals surface area contributed by atoms with Gasteiger partial charge in [0.2, 0.25) is 0 Å². The van der Waals surface area contributed by atoms with Crippen molar-refractivity contribution >= 4 is 21.6 Å². The van der Waals surface area contributed by atoms with Crippen LogP contribution in [0.15, 0.2) is 53.6 Å². The minimum Gasteiger partial charge on any atom is -0.294 e. The van der Waals surface area contributed by atoms with Gasteiger partial charge in [-0.05, 0) is 49.9 Å². The average Bonchev–Trinajstić information content (AvgIpc) is 2.98. The highest BCUT2D eigenvalue weighted by atomic mass is 32.1. The molecule has 2 aromatic heterocycles. The molecule has 0 aliphatic carbocycles. The van der Waals surface area contributed by atoms with Crippen LogP contribution in [0.4, 0.5) is 0 Å². The summed E-state index contributed by atoms with van der Waals surface area (Å²) in [6, 6.07) is 14.7. The van der Waals surface area contributed by atoms with Crippen LogP contribution >= 0.6 is 11.3 Å². The zero-order valence-corrected chi connectivity index (χ0v) is 16.9. The fraction of sp³-hybridized carbons (Fsp3) is 0.217. The molecule has 0 spiro atoms. The van der Waals surface area contributed by atoms with Gasteiger partial charge in [-0.2, -0.15) is 0 Å². The van der Waals surface area contributed by atoms with Gasteiger partial charge in [-0.3, -0.25) is 9.36 Å². The number of aromatic nitrogens is 2. The van der Waals surface area contributed by atoms with Crippen LogP contribution in [0.5, 0.6) is 0 Å². The van der Waals surface area contributed by atoms with Gasteiger partial charge >= 0.3 is 0 Å². The van der Waals surface area contributed by atoms with E-state index in [1.54, 1.807) is 22.2 Å². The summed E-state index contributed by atoms with van der Waals surface area (Å²) in [5.41, 5.74) is 6.94. The van der Waals surface area contributed by atoms with Gasteiger partial charge in [0.15, 0.2) is 0 Å². The van der Waals surface area contributed by atoms with Crippen molar-refractivity contribution in [3.8, 4) is 11.1 Å². The molecule has 0 saturated heterocycles. The fourth-order valence-corrected chi connectivity index (χ4v) is 4.39. The van der Waals surface area contributed by atoms with E-state index in [-0.39, 0.29) is 5.56 Å². The number of fused-ring (bicyclic) bond motifs is 1. The lowest BCUT2D eigenvalue weighted by Crippen LogP contribution is -2.21. The van der Waals surface area contributed by atoms with Gasteiger partial charge < -0.3 is 0 Å². The Labute approximate surface area is 163 Å². The summed E-state index contributed by atoms with van der Waals surface area (Å²) in [6.07, 6.45) is 1.67. The fourth-order valence-electron chi connectivity index (χ4n) is 3.38. The smallest absolute Gasteiger partial charge is 0.263 e. The molecule has 0 bridgehead atoms. The molecular weight excluding hydrogens is 352 g/mol. The molecule has 0 saturated carbocycles. The first-order chi connectivity index (χ1) is 12.9. The standard InChI is InChI=1S/C23H22N2OS/c1-14-5-8-18(9-6-14)12-25-13-24-22-21(23(25)26)20(17(4)27-22)19-10-7-15(2)16(3)11-19/h5-11,13H,12H2,1-4H3. The molecule has 4 rings (SSSR count). The van der Waals surface area contributed by atoms with Crippen molar-refractivity contribution in [3.63, 3.8) is 0 Å². The van der Waals surface area contributed by atoms with E-state index in [9.17, 15) is 4.79 Å². The molecule has 0 unspecified atom stereocenters. The average molecular weight is 375 g/mol. The Hall–Kier alpha value is -2.72. The third-order valence-corrected chi connectivity index (χ3v) is 6.14. The molecule has 4 heteroatoms. The first-order valence-corrected chi connectivity index (χ1v) is 9.87. The van der Waals surface area contributed by atoms with Crippen molar-refractivity contribution in [1.29, 1.82) is 0 Å². The van der Waals surface area contributed by atoms with Gasteiger partial charge in [0.25, 0.3) is 5.56 Å². The molecule has 0 atom stereocenters. The first kappa shape index (κ1) is 17.7. The predicted molar refractivity (Wildman–Crippen MR) is 114 cm³/mol. The number of hydrogen-bond acceptors (Lipinski definition) is 3. The molecule has 2 heterocycles. The van der Waals surface area contributed by atoms with Crippen LogP contribution in [0.3, 0.4) is 0 Å². The van der Waals surface area contributed by atoms with Crippen LogP contribution < -0.4 is 5.56 Å². The quantitative estimate of drug-likeness (QED) is 0.481. The zero-order chi connectivity index (χ0) is 19.1. The van der Waals surface area contributed by atoms with Crippen LogP contribution in [-0.4, -0.2) is 9.55 Å². The van der Waals surface area contributed by atoms with E-state index in [0.29, 0.717) is 6.54 Å². The lowest BCUT2D eigenvalue weighted by molar-refractivity contribution is 0.749. The molecule has 27 heavy (non-hydrogen) atoms. The monoisotopic (exact) mass is 374 g/mol. The Morgan fingerprint density at radius 3 is 2.41 bits per heavy atom. The van der Waals surface area contributed by atoms with Crippen LogP contribution in [0.25, 0.3) is 21.3 Å². The first-order valence-electron chi connectivity index (χ1n) is 9.06. The molecule has 4 aromatic rings. The van der Waals surface area contributed by atoms with Crippen LogP contribution in [0.1, 0.15) is 27.1 Å². The Bertz CT molecular complexity index is 1200. The van der Waals surface area contributed by atoms with E-state index in [0.717, 1.165) is 31.8 Å². The van der Waals surface area contributed by atoms with Gasteiger partial charge in [-0.25, -0.2) is 4.98 Å². The molecule has 0 N–H and O–H groups in total. The van der Waals surface area contributed by atoms with E-state index in [1.165, 1.54) is 16.7 Å². The highest BCUT2D eigenvalue weighted by Crippen LogP contribution is 2.36. The largest absolute Gasteiger partial charge is 0.294 e. The van der Waals surface area contributed by atoms with Crippen molar-refractivity contribution in [1.82, 2.24) is 9.55 Å².